The third-order valence-corrected chi connectivity index (χ3v) is 5.38. The molecule has 11 nitrogen and oxygen atoms in total. The van der Waals surface area contributed by atoms with Gasteiger partial charge in [0.25, 0.3) is 5.69 Å². The summed E-state index contributed by atoms with van der Waals surface area (Å²) in [5, 5.41) is 13.7. The van der Waals surface area contributed by atoms with E-state index >= 15 is 0 Å². The molecule has 0 aliphatic carbocycles. The number of carbonyl (C=O) groups excluding carboxylic acids is 2. The van der Waals surface area contributed by atoms with E-state index in [-0.39, 0.29) is 18.0 Å². The molecule has 0 radical (unpaired) electrons. The van der Waals surface area contributed by atoms with E-state index in [2.05, 4.69) is 5.32 Å². The number of hydrogen-bond donors (Lipinski definition) is 1. The van der Waals surface area contributed by atoms with Gasteiger partial charge in [0.2, 0.25) is 12.2 Å². The number of carbonyl (C=O) groups is 2. The van der Waals surface area contributed by atoms with Crippen molar-refractivity contribution in [1.82, 2.24) is 5.32 Å². The molecule has 4 rings (SSSR count). The highest BCUT2D eigenvalue weighted by Crippen LogP contribution is 2.36. The maximum atomic E-state index is 12.0. The highest BCUT2D eigenvalue weighted by atomic mass is 16.8. The van der Waals surface area contributed by atoms with E-state index in [0.717, 1.165) is 5.56 Å². The van der Waals surface area contributed by atoms with Crippen LogP contribution in [0.15, 0.2) is 54.6 Å². The molecule has 34 heavy (non-hydrogen) atoms. The lowest BCUT2D eigenvalue weighted by Gasteiger charge is -2.48. The molecule has 6 atom stereocenters. The molecule has 2 aliphatic rings. The third kappa shape index (κ3) is 5.33. The minimum Gasteiger partial charge on any atom is -0.463 e. The van der Waals surface area contributed by atoms with E-state index in [0.29, 0.717) is 0 Å². The molecule has 0 aromatic heterocycles. The number of rotatable bonds is 6. The van der Waals surface area contributed by atoms with Gasteiger partial charge >= 0.3 is 5.97 Å². The van der Waals surface area contributed by atoms with Gasteiger partial charge in [-0.25, -0.2) is 0 Å². The lowest BCUT2D eigenvalue weighted by molar-refractivity contribution is -0.384. The minimum atomic E-state index is -1.09. The largest absolute Gasteiger partial charge is 0.463 e. The fourth-order valence-electron chi connectivity index (χ4n) is 3.95. The molecule has 1 N–H and O–H groups in total. The summed E-state index contributed by atoms with van der Waals surface area (Å²) in [7, 11) is 0. The second kappa shape index (κ2) is 10.2. The molecular formula is C23H24N2O9. The summed E-state index contributed by atoms with van der Waals surface area (Å²) in [6, 6.07) is 13.7. The summed E-state index contributed by atoms with van der Waals surface area (Å²) in [6.45, 7) is 2.70. The number of fused-ring (bicyclic) bond motifs is 1. The number of non-ortho nitro benzene ring substituents is 1. The topological polar surface area (TPSA) is 135 Å². The normalized spacial score (nSPS) is 28.3. The summed E-state index contributed by atoms with van der Waals surface area (Å²) in [6.07, 6.45) is -4.17. The molecule has 2 saturated heterocycles. The number of esters is 1. The van der Waals surface area contributed by atoms with Crippen molar-refractivity contribution in [3.05, 3.63) is 70.3 Å². The Kier molecular flexibility index (Phi) is 7.06. The Bertz CT molecular complexity index is 1030. The monoisotopic (exact) mass is 472 g/mol. The van der Waals surface area contributed by atoms with E-state index in [1.807, 2.05) is 30.3 Å². The quantitative estimate of drug-likeness (QED) is 0.381. The summed E-state index contributed by atoms with van der Waals surface area (Å²) in [5.41, 5.74) is 0.678. The van der Waals surface area contributed by atoms with Crippen LogP contribution in [0.25, 0.3) is 0 Å². The number of nitrogens with one attached hydrogen (secondary N) is 1. The molecule has 2 aromatic rings. The zero-order valence-corrected chi connectivity index (χ0v) is 18.5. The maximum absolute atomic E-state index is 12.0. The van der Waals surface area contributed by atoms with Gasteiger partial charge in [-0.1, -0.05) is 30.3 Å². The lowest BCUT2D eigenvalue weighted by Crippen LogP contribution is -2.68. The van der Waals surface area contributed by atoms with Crippen molar-refractivity contribution < 1.29 is 38.2 Å². The molecule has 2 fully saturated rings. The van der Waals surface area contributed by atoms with E-state index in [1.165, 1.54) is 38.1 Å². The number of nitrogens with zero attached hydrogens (tertiary/aromatic N) is 1. The third-order valence-electron chi connectivity index (χ3n) is 5.38. The Labute approximate surface area is 195 Å². The standard InChI is InChI=1S/C23H24N2O9/c1-13(26)24-19-21(31-14(2)27)20-18(12-30-22(34-20)15-6-4-3-5-7-15)33-23(19)32-17-10-8-16(9-11-17)25(28)29/h3-11,18-23H,12H2,1-2H3,(H,24,26). The van der Waals surface area contributed by atoms with Gasteiger partial charge in [0.05, 0.1) is 11.5 Å². The van der Waals surface area contributed by atoms with Crippen molar-refractivity contribution in [3.63, 3.8) is 0 Å². The summed E-state index contributed by atoms with van der Waals surface area (Å²) < 4.78 is 29.6. The molecule has 180 valence electrons. The highest BCUT2D eigenvalue weighted by molar-refractivity contribution is 5.73. The first-order valence-corrected chi connectivity index (χ1v) is 10.6. The predicted molar refractivity (Wildman–Crippen MR) is 116 cm³/mol. The number of ether oxygens (including phenoxy) is 5. The van der Waals surface area contributed by atoms with Gasteiger partial charge in [0.1, 0.15) is 24.0 Å². The van der Waals surface area contributed by atoms with Crippen LogP contribution in [0, 0.1) is 10.1 Å². The van der Waals surface area contributed by atoms with Gasteiger partial charge < -0.3 is 29.0 Å². The van der Waals surface area contributed by atoms with Crippen LogP contribution in [0.5, 0.6) is 5.75 Å². The van der Waals surface area contributed by atoms with Gasteiger partial charge in [0, 0.05) is 31.5 Å². The van der Waals surface area contributed by atoms with E-state index in [4.69, 9.17) is 23.7 Å². The van der Waals surface area contributed by atoms with Crippen molar-refractivity contribution in [2.45, 2.75) is 50.8 Å². The van der Waals surface area contributed by atoms with Crippen molar-refractivity contribution >= 4 is 17.6 Å². The van der Waals surface area contributed by atoms with Crippen LogP contribution in [0.3, 0.4) is 0 Å². The van der Waals surface area contributed by atoms with E-state index in [9.17, 15) is 19.7 Å². The molecule has 1 amide bonds. The second-order valence-corrected chi connectivity index (χ2v) is 7.89. The summed E-state index contributed by atoms with van der Waals surface area (Å²) >= 11 is 0. The molecule has 0 bridgehead atoms. The number of benzene rings is 2. The van der Waals surface area contributed by atoms with Gasteiger partial charge in [0.15, 0.2) is 12.4 Å². The fraction of sp³-hybridized carbons (Fsp3) is 0.391. The number of amides is 1. The van der Waals surface area contributed by atoms with Crippen molar-refractivity contribution in [3.8, 4) is 5.75 Å². The van der Waals surface area contributed by atoms with Crippen LogP contribution in [0.2, 0.25) is 0 Å². The van der Waals surface area contributed by atoms with E-state index < -0.39 is 53.7 Å². The fourth-order valence-corrected chi connectivity index (χ4v) is 3.95. The van der Waals surface area contributed by atoms with Crippen LogP contribution in [0.1, 0.15) is 25.7 Å². The number of hydrogen-bond acceptors (Lipinski definition) is 9. The Morgan fingerprint density at radius 3 is 2.38 bits per heavy atom. The Morgan fingerprint density at radius 1 is 1.06 bits per heavy atom. The van der Waals surface area contributed by atoms with Crippen LogP contribution < -0.4 is 10.1 Å². The SMILES string of the molecule is CC(=O)NC1C(Oc2ccc([N+](=O)[O-])cc2)OC2COC(c3ccccc3)OC2C1OC(C)=O. The molecule has 2 heterocycles. The Morgan fingerprint density at radius 2 is 1.76 bits per heavy atom. The van der Waals surface area contributed by atoms with Gasteiger partial charge in [-0.3, -0.25) is 19.7 Å². The number of nitro groups is 1. The van der Waals surface area contributed by atoms with Gasteiger partial charge in [-0.15, -0.1) is 0 Å². The average Bonchev–Trinajstić information content (AvgIpc) is 2.81. The van der Waals surface area contributed by atoms with Crippen molar-refractivity contribution in [2.24, 2.45) is 0 Å². The lowest BCUT2D eigenvalue weighted by atomic mass is 9.95. The summed E-state index contributed by atoms with van der Waals surface area (Å²) in [4.78, 5) is 34.4. The van der Waals surface area contributed by atoms with Crippen LogP contribution in [0.4, 0.5) is 5.69 Å². The minimum absolute atomic E-state index is 0.103. The van der Waals surface area contributed by atoms with Gasteiger partial charge in [-0.2, -0.15) is 0 Å². The zero-order chi connectivity index (χ0) is 24.2. The second-order valence-electron chi connectivity index (χ2n) is 7.89. The molecular weight excluding hydrogens is 448 g/mol. The average molecular weight is 472 g/mol. The first-order valence-electron chi connectivity index (χ1n) is 10.6. The highest BCUT2D eigenvalue weighted by Gasteiger charge is 2.53. The van der Waals surface area contributed by atoms with Crippen LogP contribution in [-0.4, -0.2) is 54.1 Å². The predicted octanol–water partition coefficient (Wildman–Crippen LogP) is 2.25. The molecule has 11 heteroatoms. The van der Waals surface area contributed by atoms with E-state index in [1.54, 1.807) is 0 Å². The Balaban J connectivity index is 1.60. The van der Waals surface area contributed by atoms with Crippen molar-refractivity contribution in [2.75, 3.05) is 6.61 Å². The molecule has 2 aliphatic heterocycles. The first kappa shape index (κ1) is 23.6. The molecule has 2 aromatic carbocycles. The van der Waals surface area contributed by atoms with Crippen molar-refractivity contribution in [1.29, 1.82) is 0 Å². The molecule has 0 spiro atoms. The smallest absolute Gasteiger partial charge is 0.303 e. The van der Waals surface area contributed by atoms with Crippen LogP contribution in [-0.2, 0) is 28.5 Å². The van der Waals surface area contributed by atoms with Crippen LogP contribution >= 0.6 is 0 Å². The molecule has 0 saturated carbocycles. The van der Waals surface area contributed by atoms with Gasteiger partial charge in [-0.05, 0) is 12.1 Å². The maximum Gasteiger partial charge on any atom is 0.303 e. The Hall–Kier alpha value is -3.54. The number of nitro benzene ring substituents is 1. The summed E-state index contributed by atoms with van der Waals surface area (Å²) in [5.74, 6) is -0.694. The zero-order valence-electron chi connectivity index (χ0n) is 18.5. The first-order chi connectivity index (χ1) is 16.3. The molecule has 6 unspecified atom stereocenters.